The summed E-state index contributed by atoms with van der Waals surface area (Å²) in [6.45, 7) is 3.68. The van der Waals surface area contributed by atoms with Gasteiger partial charge in [0, 0.05) is 13.1 Å². The Morgan fingerprint density at radius 3 is 2.69 bits per heavy atom. The molecule has 0 atom stereocenters. The third-order valence-corrected chi connectivity index (χ3v) is 2.69. The fourth-order valence-electron chi connectivity index (χ4n) is 1.63. The Morgan fingerprint density at radius 2 is 2.00 bits per heavy atom. The minimum Gasteiger partial charge on any atom is -0.445 e. The number of amides is 1. The summed E-state index contributed by atoms with van der Waals surface area (Å²) in [5.74, 6) is 0. The van der Waals surface area contributed by atoms with Crippen molar-refractivity contribution >= 4 is 6.09 Å². The van der Waals surface area contributed by atoms with Crippen molar-refractivity contribution in [3.8, 4) is 0 Å². The van der Waals surface area contributed by atoms with E-state index in [1.165, 1.54) is 0 Å². The van der Waals surface area contributed by atoms with Crippen molar-refractivity contribution in [1.29, 1.82) is 0 Å². The predicted octanol–water partition coefficient (Wildman–Crippen LogP) is 2.50. The van der Waals surface area contributed by atoms with Crippen LogP contribution in [0.15, 0.2) is 36.4 Å². The second kappa shape index (κ2) is 4.84. The van der Waals surface area contributed by atoms with Crippen LogP contribution in [-0.4, -0.2) is 24.1 Å². The van der Waals surface area contributed by atoms with E-state index in [1.807, 2.05) is 43.3 Å². The molecular formula is C13H15NO2. The molecule has 1 amide bonds. The zero-order valence-corrected chi connectivity index (χ0v) is 9.35. The largest absolute Gasteiger partial charge is 0.445 e. The topological polar surface area (TPSA) is 29.5 Å². The van der Waals surface area contributed by atoms with Crippen LogP contribution in [-0.2, 0) is 11.3 Å². The summed E-state index contributed by atoms with van der Waals surface area (Å²) < 4.78 is 5.24. The Morgan fingerprint density at radius 1 is 1.31 bits per heavy atom. The second-order valence-corrected chi connectivity index (χ2v) is 3.86. The normalized spacial score (nSPS) is 14.2. The molecule has 0 bridgehead atoms. The number of carbonyl (C=O) groups excluding carboxylic acids is 1. The molecule has 0 spiro atoms. The molecular weight excluding hydrogens is 202 g/mol. The van der Waals surface area contributed by atoms with Crippen LogP contribution in [0.5, 0.6) is 0 Å². The predicted molar refractivity (Wildman–Crippen MR) is 62.1 cm³/mol. The van der Waals surface area contributed by atoms with E-state index < -0.39 is 0 Å². The van der Waals surface area contributed by atoms with Gasteiger partial charge in [-0.3, -0.25) is 0 Å². The molecule has 1 aliphatic heterocycles. The number of benzene rings is 1. The third-order valence-electron chi connectivity index (χ3n) is 2.69. The van der Waals surface area contributed by atoms with Gasteiger partial charge >= 0.3 is 6.09 Å². The van der Waals surface area contributed by atoms with Crippen molar-refractivity contribution in [2.45, 2.75) is 13.5 Å². The van der Waals surface area contributed by atoms with Gasteiger partial charge in [0.2, 0.25) is 0 Å². The Labute approximate surface area is 95.3 Å². The average molecular weight is 217 g/mol. The fraction of sp³-hybridized carbons (Fsp3) is 0.308. The Hall–Kier alpha value is -1.77. The summed E-state index contributed by atoms with van der Waals surface area (Å²) in [4.78, 5) is 13.3. The van der Waals surface area contributed by atoms with E-state index in [-0.39, 0.29) is 6.09 Å². The first-order chi connectivity index (χ1) is 7.77. The van der Waals surface area contributed by atoms with Gasteiger partial charge in [0.15, 0.2) is 0 Å². The summed E-state index contributed by atoms with van der Waals surface area (Å²) >= 11 is 0. The molecule has 1 heterocycles. The quantitative estimate of drug-likeness (QED) is 0.712. The molecule has 1 aromatic carbocycles. The molecule has 0 fully saturated rings. The van der Waals surface area contributed by atoms with Crippen molar-refractivity contribution in [2.75, 3.05) is 13.1 Å². The Bertz CT molecular complexity index is 404. The van der Waals surface area contributed by atoms with Gasteiger partial charge in [-0.15, -0.1) is 0 Å². The van der Waals surface area contributed by atoms with Crippen molar-refractivity contribution in [2.24, 2.45) is 0 Å². The van der Waals surface area contributed by atoms with E-state index in [9.17, 15) is 4.79 Å². The van der Waals surface area contributed by atoms with Crippen LogP contribution in [0.25, 0.3) is 0 Å². The standard InChI is InChI=1S/C13H15NO2/c1-11-6-2-3-7-12(11)10-16-13(15)14-8-4-5-9-14/h2-7H,8-10H2,1H3. The van der Waals surface area contributed by atoms with Crippen LogP contribution in [0.3, 0.4) is 0 Å². The highest BCUT2D eigenvalue weighted by Gasteiger charge is 2.15. The van der Waals surface area contributed by atoms with Gasteiger partial charge in [0.05, 0.1) is 0 Å². The van der Waals surface area contributed by atoms with Crippen molar-refractivity contribution in [1.82, 2.24) is 4.90 Å². The monoisotopic (exact) mass is 217 g/mol. The molecule has 1 aliphatic rings. The molecule has 0 unspecified atom stereocenters. The lowest BCUT2D eigenvalue weighted by atomic mass is 10.1. The van der Waals surface area contributed by atoms with E-state index in [2.05, 4.69) is 0 Å². The molecule has 0 radical (unpaired) electrons. The maximum absolute atomic E-state index is 11.6. The third kappa shape index (κ3) is 2.42. The first kappa shape index (κ1) is 10.7. The van der Waals surface area contributed by atoms with Gasteiger partial charge < -0.3 is 9.64 Å². The second-order valence-electron chi connectivity index (χ2n) is 3.86. The van der Waals surface area contributed by atoms with Gasteiger partial charge in [-0.2, -0.15) is 0 Å². The van der Waals surface area contributed by atoms with E-state index in [4.69, 9.17) is 4.74 Å². The van der Waals surface area contributed by atoms with Crippen LogP contribution in [0.4, 0.5) is 4.79 Å². The van der Waals surface area contributed by atoms with Gasteiger partial charge in [-0.1, -0.05) is 36.4 Å². The summed E-state index contributed by atoms with van der Waals surface area (Å²) in [6, 6.07) is 7.92. The number of rotatable bonds is 2. The number of aryl methyl sites for hydroxylation is 1. The van der Waals surface area contributed by atoms with E-state index in [1.54, 1.807) is 4.90 Å². The number of carbonyl (C=O) groups is 1. The van der Waals surface area contributed by atoms with Gasteiger partial charge in [0.25, 0.3) is 0 Å². The molecule has 3 nitrogen and oxygen atoms in total. The summed E-state index contributed by atoms with van der Waals surface area (Å²) in [7, 11) is 0. The van der Waals surface area contributed by atoms with Crippen LogP contribution in [0, 0.1) is 6.92 Å². The van der Waals surface area contributed by atoms with Gasteiger partial charge in [-0.05, 0) is 18.1 Å². The van der Waals surface area contributed by atoms with E-state index in [0.717, 1.165) is 11.1 Å². The molecule has 3 heteroatoms. The van der Waals surface area contributed by atoms with Crippen LogP contribution in [0.1, 0.15) is 11.1 Å². The maximum atomic E-state index is 11.6. The fourth-order valence-corrected chi connectivity index (χ4v) is 1.63. The Kier molecular flexibility index (Phi) is 3.25. The van der Waals surface area contributed by atoms with Crippen LogP contribution < -0.4 is 0 Å². The highest BCUT2D eigenvalue weighted by molar-refractivity contribution is 5.68. The number of nitrogens with zero attached hydrogens (tertiary/aromatic N) is 1. The maximum Gasteiger partial charge on any atom is 0.410 e. The summed E-state index contributed by atoms with van der Waals surface area (Å²) in [5.41, 5.74) is 2.21. The first-order valence-corrected chi connectivity index (χ1v) is 5.38. The van der Waals surface area contributed by atoms with Gasteiger partial charge in [0.1, 0.15) is 6.61 Å². The molecule has 0 saturated carbocycles. The zero-order valence-electron chi connectivity index (χ0n) is 9.35. The molecule has 0 aromatic heterocycles. The molecule has 16 heavy (non-hydrogen) atoms. The molecule has 0 saturated heterocycles. The molecule has 0 aliphatic carbocycles. The molecule has 0 N–H and O–H groups in total. The van der Waals surface area contributed by atoms with Crippen LogP contribution >= 0.6 is 0 Å². The Balaban J connectivity index is 1.87. The number of hydrogen-bond acceptors (Lipinski definition) is 2. The molecule has 84 valence electrons. The molecule has 1 aromatic rings. The van der Waals surface area contributed by atoms with Gasteiger partial charge in [-0.25, -0.2) is 4.79 Å². The smallest absolute Gasteiger partial charge is 0.410 e. The van der Waals surface area contributed by atoms with Crippen molar-refractivity contribution in [3.63, 3.8) is 0 Å². The van der Waals surface area contributed by atoms with E-state index in [0.29, 0.717) is 19.7 Å². The van der Waals surface area contributed by atoms with Crippen molar-refractivity contribution < 1.29 is 9.53 Å². The van der Waals surface area contributed by atoms with Crippen molar-refractivity contribution in [3.05, 3.63) is 47.5 Å². The summed E-state index contributed by atoms with van der Waals surface area (Å²) in [5, 5.41) is 0. The SMILES string of the molecule is Cc1ccccc1COC(=O)N1CC=CC1. The zero-order chi connectivity index (χ0) is 11.4. The lowest BCUT2D eigenvalue weighted by Crippen LogP contribution is -2.28. The average Bonchev–Trinajstić information content (AvgIpc) is 2.81. The number of hydrogen-bond donors (Lipinski definition) is 0. The van der Waals surface area contributed by atoms with Crippen LogP contribution in [0.2, 0.25) is 0 Å². The van der Waals surface area contributed by atoms with E-state index >= 15 is 0 Å². The highest BCUT2D eigenvalue weighted by atomic mass is 16.6. The lowest BCUT2D eigenvalue weighted by Gasteiger charge is -2.15. The molecule has 2 rings (SSSR count). The first-order valence-electron chi connectivity index (χ1n) is 5.38. The lowest BCUT2D eigenvalue weighted by molar-refractivity contribution is 0.106. The minimum absolute atomic E-state index is 0.242. The summed E-state index contributed by atoms with van der Waals surface area (Å²) in [6.07, 6.45) is 3.69. The minimum atomic E-state index is -0.242. The number of ether oxygens (including phenoxy) is 1. The highest BCUT2D eigenvalue weighted by Crippen LogP contribution is 2.10.